The van der Waals surface area contributed by atoms with Gasteiger partial charge in [0, 0.05) is 31.2 Å². The van der Waals surface area contributed by atoms with E-state index in [1.54, 1.807) is 0 Å². The van der Waals surface area contributed by atoms with Crippen LogP contribution in [0.5, 0.6) is 0 Å². The van der Waals surface area contributed by atoms with Crippen molar-refractivity contribution in [3.05, 3.63) is 0 Å². The van der Waals surface area contributed by atoms with E-state index < -0.39 is 0 Å². The Morgan fingerprint density at radius 1 is 1.08 bits per heavy atom. The molecule has 0 aliphatic carbocycles. The fraction of sp³-hybridized carbons (Fsp3) is 1.00. The van der Waals surface area contributed by atoms with Gasteiger partial charge in [0.2, 0.25) is 0 Å². The van der Waals surface area contributed by atoms with Gasteiger partial charge in [-0.2, -0.15) is 0 Å². The van der Waals surface area contributed by atoms with Crippen molar-refractivity contribution in [2.45, 2.75) is 31.0 Å². The molecule has 2 aliphatic rings. The first kappa shape index (κ1) is 11.2. The highest BCUT2D eigenvalue weighted by Crippen LogP contribution is 2.25. The number of likely N-dealkylation sites (tertiary alicyclic amines) is 1. The molecule has 2 N–H and O–H groups in total. The van der Waals surface area contributed by atoms with E-state index in [4.69, 9.17) is 5.73 Å². The SMILES string of the molecule is CN1C[C@H]2CC(N)C[C@@H](C1)N2C.Cl. The van der Waals surface area contributed by atoms with Crippen LogP contribution in [0.25, 0.3) is 0 Å². The van der Waals surface area contributed by atoms with Gasteiger partial charge in [-0.05, 0) is 26.9 Å². The maximum atomic E-state index is 5.99. The molecule has 2 rings (SSSR count). The Hall–Kier alpha value is 0.170. The molecule has 0 aromatic carbocycles. The minimum atomic E-state index is 0. The molecular formula is C9H20ClN3. The van der Waals surface area contributed by atoms with Crippen molar-refractivity contribution in [2.24, 2.45) is 5.73 Å². The van der Waals surface area contributed by atoms with Crippen molar-refractivity contribution in [3.63, 3.8) is 0 Å². The lowest BCUT2D eigenvalue weighted by molar-refractivity contribution is 0.0141. The van der Waals surface area contributed by atoms with Crippen molar-refractivity contribution in [1.29, 1.82) is 0 Å². The van der Waals surface area contributed by atoms with Gasteiger partial charge in [0.05, 0.1) is 0 Å². The highest BCUT2D eigenvalue weighted by atomic mass is 35.5. The third-order valence-corrected chi connectivity index (χ3v) is 3.35. The number of nitrogens with zero attached hydrogens (tertiary/aromatic N) is 2. The van der Waals surface area contributed by atoms with Crippen LogP contribution in [0, 0.1) is 0 Å². The molecule has 2 fully saturated rings. The molecule has 0 radical (unpaired) electrons. The van der Waals surface area contributed by atoms with E-state index in [1.165, 1.54) is 25.9 Å². The zero-order valence-electron chi connectivity index (χ0n) is 8.44. The first-order chi connectivity index (χ1) is 5.66. The predicted molar refractivity (Wildman–Crippen MR) is 57.3 cm³/mol. The Morgan fingerprint density at radius 3 is 2.00 bits per heavy atom. The van der Waals surface area contributed by atoms with Gasteiger partial charge < -0.3 is 10.6 Å². The van der Waals surface area contributed by atoms with Crippen LogP contribution in [-0.4, -0.2) is 55.1 Å². The van der Waals surface area contributed by atoms with Crippen molar-refractivity contribution in [1.82, 2.24) is 9.80 Å². The molecule has 3 nitrogen and oxygen atoms in total. The molecule has 13 heavy (non-hydrogen) atoms. The maximum Gasteiger partial charge on any atom is 0.0238 e. The lowest BCUT2D eigenvalue weighted by Gasteiger charge is -2.49. The van der Waals surface area contributed by atoms with Crippen LogP contribution >= 0.6 is 12.4 Å². The molecule has 2 saturated heterocycles. The summed E-state index contributed by atoms with van der Waals surface area (Å²) in [5.74, 6) is 0. The number of piperazine rings is 1. The minimum absolute atomic E-state index is 0. The van der Waals surface area contributed by atoms with Crippen LogP contribution in [-0.2, 0) is 0 Å². The van der Waals surface area contributed by atoms with E-state index in [9.17, 15) is 0 Å². The summed E-state index contributed by atoms with van der Waals surface area (Å²) in [6, 6.07) is 1.86. The van der Waals surface area contributed by atoms with Gasteiger partial charge in [-0.15, -0.1) is 12.4 Å². The monoisotopic (exact) mass is 205 g/mol. The second-order valence-electron chi connectivity index (χ2n) is 4.43. The summed E-state index contributed by atoms with van der Waals surface area (Å²) >= 11 is 0. The number of likely N-dealkylation sites (N-methyl/N-ethyl adjacent to an activating group) is 2. The fourth-order valence-electron chi connectivity index (χ4n) is 2.63. The summed E-state index contributed by atoms with van der Waals surface area (Å²) in [7, 11) is 4.46. The zero-order valence-corrected chi connectivity index (χ0v) is 9.26. The third kappa shape index (κ3) is 2.15. The van der Waals surface area contributed by atoms with Gasteiger partial charge in [-0.3, -0.25) is 4.90 Å². The second-order valence-corrected chi connectivity index (χ2v) is 4.43. The van der Waals surface area contributed by atoms with Crippen LogP contribution in [0.2, 0.25) is 0 Å². The molecule has 78 valence electrons. The van der Waals surface area contributed by atoms with Crippen molar-refractivity contribution < 1.29 is 0 Å². The fourth-order valence-corrected chi connectivity index (χ4v) is 2.63. The third-order valence-electron chi connectivity index (χ3n) is 3.35. The number of nitrogens with two attached hydrogens (primary N) is 1. The molecule has 0 amide bonds. The van der Waals surface area contributed by atoms with Crippen LogP contribution in [0.3, 0.4) is 0 Å². The molecule has 2 aliphatic heterocycles. The van der Waals surface area contributed by atoms with Crippen LogP contribution in [0.1, 0.15) is 12.8 Å². The van der Waals surface area contributed by atoms with Gasteiger partial charge in [0.25, 0.3) is 0 Å². The zero-order chi connectivity index (χ0) is 8.72. The highest BCUT2D eigenvalue weighted by Gasteiger charge is 2.36. The number of rotatable bonds is 0. The Balaban J connectivity index is 0.000000845. The van der Waals surface area contributed by atoms with E-state index in [2.05, 4.69) is 23.9 Å². The number of hydrogen-bond acceptors (Lipinski definition) is 3. The standard InChI is InChI=1S/C9H19N3.ClH/c1-11-5-8-3-7(10)4-9(6-11)12(8)2;/h7-9H,3-6,10H2,1-2H3;1H/t7?,8-,9+;. The van der Waals surface area contributed by atoms with Crippen molar-refractivity contribution >= 4 is 12.4 Å². The van der Waals surface area contributed by atoms with Crippen LogP contribution < -0.4 is 5.73 Å². The molecule has 0 spiro atoms. The quantitative estimate of drug-likeness (QED) is 0.611. The average molecular weight is 206 g/mol. The second kappa shape index (κ2) is 4.13. The van der Waals surface area contributed by atoms with Gasteiger partial charge in [-0.1, -0.05) is 0 Å². The highest BCUT2D eigenvalue weighted by molar-refractivity contribution is 5.85. The molecule has 0 aromatic rings. The maximum absolute atomic E-state index is 5.99. The molecule has 1 unspecified atom stereocenters. The topological polar surface area (TPSA) is 32.5 Å². The van der Waals surface area contributed by atoms with Gasteiger partial charge >= 0.3 is 0 Å². The Labute approximate surface area is 86.7 Å². The summed E-state index contributed by atoms with van der Waals surface area (Å²) in [6.45, 7) is 2.39. The van der Waals surface area contributed by atoms with Gasteiger partial charge in [0.15, 0.2) is 0 Å². The van der Waals surface area contributed by atoms with E-state index >= 15 is 0 Å². The molecular weight excluding hydrogens is 186 g/mol. The summed E-state index contributed by atoms with van der Waals surface area (Å²) in [5, 5.41) is 0. The summed E-state index contributed by atoms with van der Waals surface area (Å²) in [6.07, 6.45) is 2.36. The van der Waals surface area contributed by atoms with Crippen molar-refractivity contribution in [3.8, 4) is 0 Å². The lowest BCUT2D eigenvalue weighted by atomic mass is 9.89. The van der Waals surface area contributed by atoms with Crippen LogP contribution in [0.4, 0.5) is 0 Å². The predicted octanol–water partition coefficient (Wildman–Crippen LogP) is 0.144. The molecule has 2 heterocycles. The van der Waals surface area contributed by atoms with Crippen molar-refractivity contribution in [2.75, 3.05) is 27.2 Å². The largest absolute Gasteiger partial charge is 0.328 e. The molecule has 0 saturated carbocycles. The number of fused-ring (bicyclic) bond motifs is 2. The van der Waals surface area contributed by atoms with E-state index in [0.29, 0.717) is 18.1 Å². The summed E-state index contributed by atoms with van der Waals surface area (Å²) in [5.41, 5.74) is 5.99. The Kier molecular flexibility index (Phi) is 3.57. The van der Waals surface area contributed by atoms with E-state index in [0.717, 1.165) is 0 Å². The normalized spacial score (nSPS) is 41.3. The Bertz CT molecular complexity index is 146. The van der Waals surface area contributed by atoms with Gasteiger partial charge in [-0.25, -0.2) is 0 Å². The number of halogens is 1. The smallest absolute Gasteiger partial charge is 0.0238 e. The molecule has 0 aromatic heterocycles. The first-order valence-corrected chi connectivity index (χ1v) is 4.83. The lowest BCUT2D eigenvalue weighted by Crippen LogP contribution is -2.62. The first-order valence-electron chi connectivity index (χ1n) is 4.83. The molecule has 4 heteroatoms. The average Bonchev–Trinajstić information content (AvgIpc) is 1.94. The van der Waals surface area contributed by atoms with E-state index in [1.807, 2.05) is 0 Å². The molecule has 2 bridgehead atoms. The summed E-state index contributed by atoms with van der Waals surface area (Å²) in [4.78, 5) is 4.95. The number of piperidine rings is 1. The molecule has 3 atom stereocenters. The minimum Gasteiger partial charge on any atom is -0.328 e. The van der Waals surface area contributed by atoms with Crippen LogP contribution in [0.15, 0.2) is 0 Å². The Morgan fingerprint density at radius 2 is 1.54 bits per heavy atom. The number of hydrogen-bond donors (Lipinski definition) is 1. The summed E-state index contributed by atoms with van der Waals surface area (Å²) < 4.78 is 0. The van der Waals surface area contributed by atoms with E-state index in [-0.39, 0.29) is 12.4 Å². The van der Waals surface area contributed by atoms with Gasteiger partial charge in [0.1, 0.15) is 0 Å².